The predicted octanol–water partition coefficient (Wildman–Crippen LogP) is 0.554. The van der Waals surface area contributed by atoms with Crippen LogP contribution in [0.4, 0.5) is 0 Å². The monoisotopic (exact) mass is 287 g/mol. The molecule has 0 unspecified atom stereocenters. The summed E-state index contributed by atoms with van der Waals surface area (Å²) >= 11 is 2.86. The molecule has 0 atom stereocenters. The summed E-state index contributed by atoms with van der Waals surface area (Å²) in [5.74, 6) is -0.385. The Morgan fingerprint density at radius 1 is 1.50 bits per heavy atom. The van der Waals surface area contributed by atoms with E-state index in [0.29, 0.717) is 6.61 Å². The Bertz CT molecular complexity index is 277. The van der Waals surface area contributed by atoms with Crippen molar-refractivity contribution in [2.75, 3.05) is 24.9 Å². The molecule has 0 bridgehead atoms. The molecule has 14 heavy (non-hydrogen) atoms. The molecule has 0 aliphatic carbocycles. The molecule has 0 saturated heterocycles. The maximum atomic E-state index is 11.2. The van der Waals surface area contributed by atoms with Crippen LogP contribution in [0.5, 0.6) is 0 Å². The molecule has 0 aliphatic heterocycles. The quantitative estimate of drug-likeness (QED) is 0.529. The van der Waals surface area contributed by atoms with Gasteiger partial charge in [0, 0.05) is 13.6 Å². The highest BCUT2D eigenvalue weighted by atomic mass is 79.9. The van der Waals surface area contributed by atoms with E-state index in [9.17, 15) is 13.2 Å². The minimum absolute atomic E-state index is 0.0799. The van der Waals surface area contributed by atoms with Gasteiger partial charge in [-0.1, -0.05) is 15.9 Å². The first kappa shape index (κ1) is 13.9. The Labute approximate surface area is 92.6 Å². The normalized spacial score (nSPS) is 11.7. The summed E-state index contributed by atoms with van der Waals surface area (Å²) in [5.41, 5.74) is 0. The highest BCUT2D eigenvalue weighted by Crippen LogP contribution is 2.03. The topological polar surface area (TPSA) is 63.7 Å². The summed E-state index contributed by atoms with van der Waals surface area (Å²) in [4.78, 5) is 10.9. The average Bonchev–Trinajstić information content (AvgIpc) is 2.14. The number of hydrogen-bond donors (Lipinski definition) is 0. The van der Waals surface area contributed by atoms with Crippen molar-refractivity contribution in [2.45, 2.75) is 13.3 Å². The first-order valence-electron chi connectivity index (χ1n) is 4.09. The van der Waals surface area contributed by atoms with Gasteiger partial charge in [0.05, 0.1) is 13.0 Å². The second-order valence-corrected chi connectivity index (χ2v) is 5.98. The number of esters is 1. The number of carbonyl (C=O) groups is 1. The molecule has 0 radical (unpaired) electrons. The minimum Gasteiger partial charge on any atom is -0.466 e. The largest absolute Gasteiger partial charge is 0.466 e. The molecule has 84 valence electrons. The lowest BCUT2D eigenvalue weighted by Crippen LogP contribution is -2.30. The zero-order valence-electron chi connectivity index (χ0n) is 8.19. The van der Waals surface area contributed by atoms with Gasteiger partial charge in [0.2, 0.25) is 10.0 Å². The molecule has 7 heteroatoms. The third-order valence-electron chi connectivity index (χ3n) is 1.55. The summed E-state index contributed by atoms with van der Waals surface area (Å²) in [6.45, 7) is 2.16. The van der Waals surface area contributed by atoms with Crippen molar-refractivity contribution in [3.8, 4) is 0 Å². The zero-order chi connectivity index (χ0) is 11.2. The Kier molecular flexibility index (Phi) is 6.30. The van der Waals surface area contributed by atoms with Gasteiger partial charge in [-0.05, 0) is 6.92 Å². The number of carbonyl (C=O) groups excluding carboxylic acids is 1. The molecule has 0 spiro atoms. The molecule has 0 rings (SSSR count). The minimum atomic E-state index is -3.27. The standard InChI is InChI=1S/C7H14BrNO4S/c1-3-13-7(10)4-5-9(2)14(11,12)6-8/h3-6H2,1-2H3. The van der Waals surface area contributed by atoms with Gasteiger partial charge in [0.1, 0.15) is 4.66 Å². The van der Waals surface area contributed by atoms with E-state index < -0.39 is 10.0 Å². The van der Waals surface area contributed by atoms with Crippen LogP contribution >= 0.6 is 15.9 Å². The summed E-state index contributed by atoms with van der Waals surface area (Å²) in [7, 11) is -1.84. The molecule has 0 saturated carbocycles. The SMILES string of the molecule is CCOC(=O)CCN(C)S(=O)(=O)CBr. The maximum Gasteiger partial charge on any atom is 0.307 e. The van der Waals surface area contributed by atoms with Crippen molar-refractivity contribution >= 4 is 31.9 Å². The number of halogens is 1. The van der Waals surface area contributed by atoms with Gasteiger partial charge >= 0.3 is 5.97 Å². The van der Waals surface area contributed by atoms with Crippen LogP contribution in [0.15, 0.2) is 0 Å². The van der Waals surface area contributed by atoms with E-state index in [1.54, 1.807) is 6.92 Å². The lowest BCUT2D eigenvalue weighted by atomic mass is 10.4. The van der Waals surface area contributed by atoms with Crippen LogP contribution in [0, 0.1) is 0 Å². The van der Waals surface area contributed by atoms with Crippen LogP contribution in [0.3, 0.4) is 0 Å². The van der Waals surface area contributed by atoms with Crippen molar-refractivity contribution in [3.63, 3.8) is 0 Å². The Morgan fingerprint density at radius 2 is 2.07 bits per heavy atom. The molecule has 0 aromatic rings. The van der Waals surface area contributed by atoms with Crippen molar-refractivity contribution in [1.29, 1.82) is 0 Å². The summed E-state index contributed by atoms with van der Waals surface area (Å²) in [6.07, 6.45) is 0.0799. The molecular weight excluding hydrogens is 274 g/mol. The third kappa shape index (κ3) is 4.92. The average molecular weight is 288 g/mol. The van der Waals surface area contributed by atoms with Crippen LogP contribution in [-0.4, -0.2) is 43.6 Å². The van der Waals surface area contributed by atoms with E-state index in [-0.39, 0.29) is 23.6 Å². The number of nitrogens with zero attached hydrogens (tertiary/aromatic N) is 1. The van der Waals surface area contributed by atoms with Crippen molar-refractivity contribution < 1.29 is 17.9 Å². The van der Waals surface area contributed by atoms with Gasteiger partial charge in [-0.3, -0.25) is 4.79 Å². The van der Waals surface area contributed by atoms with Crippen molar-refractivity contribution in [1.82, 2.24) is 4.31 Å². The first-order chi connectivity index (χ1) is 6.44. The van der Waals surface area contributed by atoms with E-state index in [2.05, 4.69) is 20.7 Å². The Morgan fingerprint density at radius 3 is 2.50 bits per heavy atom. The predicted molar refractivity (Wildman–Crippen MR) is 56.6 cm³/mol. The highest BCUT2D eigenvalue weighted by molar-refractivity contribution is 9.10. The maximum absolute atomic E-state index is 11.2. The zero-order valence-corrected chi connectivity index (χ0v) is 10.6. The molecule has 0 aliphatic rings. The lowest BCUT2D eigenvalue weighted by Gasteiger charge is -2.14. The van der Waals surface area contributed by atoms with E-state index in [1.807, 2.05) is 0 Å². The van der Waals surface area contributed by atoms with E-state index >= 15 is 0 Å². The Hall–Kier alpha value is -0.140. The van der Waals surface area contributed by atoms with Gasteiger partial charge in [0.15, 0.2) is 0 Å². The molecule has 0 N–H and O–H groups in total. The summed E-state index contributed by atoms with van der Waals surface area (Å²) < 4.78 is 28.0. The molecular formula is C7H14BrNO4S. The van der Waals surface area contributed by atoms with Gasteiger partial charge in [-0.2, -0.15) is 0 Å². The molecule has 5 nitrogen and oxygen atoms in total. The fraction of sp³-hybridized carbons (Fsp3) is 0.857. The fourth-order valence-electron chi connectivity index (χ4n) is 0.704. The van der Waals surface area contributed by atoms with Gasteiger partial charge in [-0.25, -0.2) is 12.7 Å². The molecule has 0 aromatic heterocycles. The van der Waals surface area contributed by atoms with Gasteiger partial charge in [-0.15, -0.1) is 0 Å². The van der Waals surface area contributed by atoms with Crippen LogP contribution in [-0.2, 0) is 19.6 Å². The molecule has 0 fully saturated rings. The molecule has 0 amide bonds. The lowest BCUT2D eigenvalue weighted by molar-refractivity contribution is -0.143. The van der Waals surface area contributed by atoms with Crippen LogP contribution in [0.25, 0.3) is 0 Å². The first-order valence-corrected chi connectivity index (χ1v) is 6.82. The number of rotatable bonds is 6. The van der Waals surface area contributed by atoms with Crippen LogP contribution < -0.4 is 0 Å². The number of sulfonamides is 1. The number of hydrogen-bond acceptors (Lipinski definition) is 4. The van der Waals surface area contributed by atoms with E-state index in [4.69, 9.17) is 0 Å². The fourth-order valence-corrected chi connectivity index (χ4v) is 2.29. The van der Waals surface area contributed by atoms with E-state index in [1.165, 1.54) is 7.05 Å². The van der Waals surface area contributed by atoms with Gasteiger partial charge in [0.25, 0.3) is 0 Å². The highest BCUT2D eigenvalue weighted by Gasteiger charge is 2.16. The second-order valence-electron chi connectivity index (χ2n) is 2.60. The molecule has 0 aromatic carbocycles. The number of alkyl halides is 1. The second kappa shape index (κ2) is 6.36. The Balaban J connectivity index is 3.97. The van der Waals surface area contributed by atoms with Gasteiger partial charge < -0.3 is 4.74 Å². The van der Waals surface area contributed by atoms with Crippen LogP contribution in [0.1, 0.15) is 13.3 Å². The summed E-state index contributed by atoms with van der Waals surface area (Å²) in [5, 5.41) is 0. The van der Waals surface area contributed by atoms with E-state index in [0.717, 1.165) is 4.31 Å². The van der Waals surface area contributed by atoms with Crippen LogP contribution in [0.2, 0.25) is 0 Å². The smallest absolute Gasteiger partial charge is 0.307 e. The summed E-state index contributed by atoms with van der Waals surface area (Å²) in [6, 6.07) is 0. The van der Waals surface area contributed by atoms with Crippen molar-refractivity contribution in [2.24, 2.45) is 0 Å². The molecule has 0 heterocycles. The number of ether oxygens (including phenoxy) is 1. The third-order valence-corrected chi connectivity index (χ3v) is 4.69. The van der Waals surface area contributed by atoms with Crippen molar-refractivity contribution in [3.05, 3.63) is 0 Å².